The fourth-order valence-electron chi connectivity index (χ4n) is 1.72. The summed E-state index contributed by atoms with van der Waals surface area (Å²) in [7, 11) is 0. The van der Waals surface area contributed by atoms with E-state index in [4.69, 9.17) is 11.6 Å². The summed E-state index contributed by atoms with van der Waals surface area (Å²) in [5.74, 6) is 0. The molecular weight excluding hydrogens is 324 g/mol. The molecule has 19 heavy (non-hydrogen) atoms. The van der Waals surface area contributed by atoms with Crippen LogP contribution < -0.4 is 5.32 Å². The number of aryl methyl sites for hydroxylation is 1. The third kappa shape index (κ3) is 3.50. The minimum absolute atomic E-state index is 0.424. The lowest BCUT2D eigenvalue weighted by atomic mass is 10.1. The van der Waals surface area contributed by atoms with E-state index in [0.717, 1.165) is 21.3 Å². The van der Waals surface area contributed by atoms with Gasteiger partial charge in [0.25, 0.3) is 0 Å². The molecule has 2 aromatic rings. The summed E-state index contributed by atoms with van der Waals surface area (Å²) in [4.78, 5) is 0. The fraction of sp³-hybridized carbons (Fsp3) is 0.133. The molecule has 0 aliphatic heterocycles. The Morgan fingerprint density at radius 2 is 2.05 bits per heavy atom. The summed E-state index contributed by atoms with van der Waals surface area (Å²) in [6.07, 6.45) is 0. The lowest BCUT2D eigenvalue weighted by Gasteiger charge is -2.14. The molecule has 0 aliphatic rings. The molecule has 4 heteroatoms. The second kappa shape index (κ2) is 6.10. The summed E-state index contributed by atoms with van der Waals surface area (Å²) < 4.78 is 0.969. The average molecular weight is 336 g/mol. The van der Waals surface area contributed by atoms with Crippen molar-refractivity contribution in [3.63, 3.8) is 0 Å². The zero-order chi connectivity index (χ0) is 13.8. The van der Waals surface area contributed by atoms with Crippen LogP contribution in [0, 0.1) is 18.3 Å². The maximum atomic E-state index is 9.30. The van der Waals surface area contributed by atoms with Crippen LogP contribution in [0.15, 0.2) is 46.9 Å². The van der Waals surface area contributed by atoms with Gasteiger partial charge in [-0.3, -0.25) is 0 Å². The molecule has 1 atom stereocenters. The largest absolute Gasteiger partial charge is 0.366 e. The number of rotatable bonds is 3. The Morgan fingerprint density at radius 1 is 1.26 bits per heavy atom. The van der Waals surface area contributed by atoms with Crippen molar-refractivity contribution >= 4 is 33.2 Å². The molecular formula is C15H12BrClN2. The van der Waals surface area contributed by atoms with Gasteiger partial charge in [0.1, 0.15) is 6.04 Å². The van der Waals surface area contributed by atoms with Crippen LogP contribution in [0.3, 0.4) is 0 Å². The molecule has 0 aromatic heterocycles. The molecule has 2 rings (SSSR count). The van der Waals surface area contributed by atoms with E-state index in [1.54, 1.807) is 0 Å². The molecule has 1 unspecified atom stereocenters. The third-order valence-corrected chi connectivity index (χ3v) is 3.69. The Hall–Kier alpha value is -1.50. The Kier molecular flexibility index (Phi) is 4.47. The molecule has 0 saturated carbocycles. The number of hydrogen-bond donors (Lipinski definition) is 1. The van der Waals surface area contributed by atoms with Crippen molar-refractivity contribution < 1.29 is 0 Å². The highest BCUT2D eigenvalue weighted by Crippen LogP contribution is 2.25. The van der Waals surface area contributed by atoms with Crippen molar-refractivity contribution in [3.8, 4) is 6.07 Å². The number of anilines is 1. The van der Waals surface area contributed by atoms with Crippen LogP contribution in [-0.4, -0.2) is 0 Å². The summed E-state index contributed by atoms with van der Waals surface area (Å²) in [6.45, 7) is 1.94. The highest BCUT2D eigenvalue weighted by Gasteiger charge is 2.11. The quantitative estimate of drug-likeness (QED) is 0.848. The summed E-state index contributed by atoms with van der Waals surface area (Å²) >= 11 is 9.51. The van der Waals surface area contributed by atoms with Crippen LogP contribution in [0.2, 0.25) is 5.02 Å². The van der Waals surface area contributed by atoms with E-state index in [-0.39, 0.29) is 0 Å². The van der Waals surface area contributed by atoms with Gasteiger partial charge in [0.15, 0.2) is 0 Å². The van der Waals surface area contributed by atoms with Crippen LogP contribution >= 0.6 is 27.5 Å². The van der Waals surface area contributed by atoms with E-state index in [1.165, 1.54) is 0 Å². The summed E-state index contributed by atoms with van der Waals surface area (Å²) in [6, 6.07) is 15.2. The van der Waals surface area contributed by atoms with Gasteiger partial charge in [-0.25, -0.2) is 0 Å². The van der Waals surface area contributed by atoms with Gasteiger partial charge in [0, 0.05) is 15.2 Å². The van der Waals surface area contributed by atoms with Crippen molar-refractivity contribution in [3.05, 3.63) is 63.1 Å². The zero-order valence-corrected chi connectivity index (χ0v) is 12.7. The van der Waals surface area contributed by atoms with Gasteiger partial charge in [-0.15, -0.1) is 0 Å². The van der Waals surface area contributed by atoms with Crippen LogP contribution in [0.1, 0.15) is 17.2 Å². The predicted octanol–water partition coefficient (Wildman–Crippen LogP) is 5.09. The first-order valence-electron chi connectivity index (χ1n) is 5.78. The molecule has 0 amide bonds. The SMILES string of the molecule is Cc1ccc(C(C#N)Nc2cccc(Br)c2)cc1Cl. The predicted molar refractivity (Wildman–Crippen MR) is 82.3 cm³/mol. The van der Waals surface area contributed by atoms with Gasteiger partial charge in [-0.2, -0.15) is 5.26 Å². The molecule has 0 spiro atoms. The zero-order valence-electron chi connectivity index (χ0n) is 10.3. The lowest BCUT2D eigenvalue weighted by molar-refractivity contribution is 0.996. The normalized spacial score (nSPS) is 11.7. The molecule has 0 aliphatic carbocycles. The van der Waals surface area contributed by atoms with Crippen LogP contribution in [0.25, 0.3) is 0 Å². The maximum absolute atomic E-state index is 9.30. The van der Waals surface area contributed by atoms with Crippen LogP contribution in [0.4, 0.5) is 5.69 Å². The van der Waals surface area contributed by atoms with E-state index in [1.807, 2.05) is 49.4 Å². The van der Waals surface area contributed by atoms with Crippen molar-refractivity contribution in [2.24, 2.45) is 0 Å². The number of halogens is 2. The first-order valence-corrected chi connectivity index (χ1v) is 6.95. The maximum Gasteiger partial charge on any atom is 0.140 e. The fourth-order valence-corrected chi connectivity index (χ4v) is 2.31. The van der Waals surface area contributed by atoms with Gasteiger partial charge >= 0.3 is 0 Å². The van der Waals surface area contributed by atoms with Crippen LogP contribution in [-0.2, 0) is 0 Å². The van der Waals surface area contributed by atoms with Gasteiger partial charge in [-0.1, -0.05) is 45.7 Å². The van der Waals surface area contributed by atoms with Crippen molar-refractivity contribution in [1.82, 2.24) is 0 Å². The number of nitrogens with one attached hydrogen (secondary N) is 1. The molecule has 0 bridgehead atoms. The highest BCUT2D eigenvalue weighted by molar-refractivity contribution is 9.10. The summed E-state index contributed by atoms with van der Waals surface area (Å²) in [5, 5.41) is 13.2. The monoisotopic (exact) mass is 334 g/mol. The first kappa shape index (κ1) is 13.9. The van der Waals surface area contributed by atoms with Gasteiger partial charge < -0.3 is 5.32 Å². The molecule has 0 heterocycles. The molecule has 0 fully saturated rings. The minimum atomic E-state index is -0.424. The molecule has 2 nitrogen and oxygen atoms in total. The molecule has 2 aromatic carbocycles. The molecule has 0 saturated heterocycles. The summed E-state index contributed by atoms with van der Waals surface area (Å²) in [5.41, 5.74) is 2.75. The number of nitrogens with zero attached hydrogens (tertiary/aromatic N) is 1. The number of nitriles is 1. The molecule has 0 radical (unpaired) electrons. The number of hydrogen-bond acceptors (Lipinski definition) is 2. The average Bonchev–Trinajstić information content (AvgIpc) is 2.39. The Bertz CT molecular complexity index is 634. The number of benzene rings is 2. The van der Waals surface area contributed by atoms with E-state index in [2.05, 4.69) is 27.3 Å². The van der Waals surface area contributed by atoms with Gasteiger partial charge in [-0.05, 0) is 42.3 Å². The first-order chi connectivity index (χ1) is 9.10. The van der Waals surface area contributed by atoms with E-state index in [0.29, 0.717) is 5.02 Å². The third-order valence-electron chi connectivity index (χ3n) is 2.79. The second-order valence-electron chi connectivity index (χ2n) is 4.23. The molecule has 1 N–H and O–H groups in total. The van der Waals surface area contributed by atoms with Gasteiger partial charge in [0.2, 0.25) is 0 Å². The topological polar surface area (TPSA) is 35.8 Å². The Labute approximate surface area is 126 Å². The van der Waals surface area contributed by atoms with E-state index >= 15 is 0 Å². The Balaban J connectivity index is 2.25. The van der Waals surface area contributed by atoms with Crippen molar-refractivity contribution in [1.29, 1.82) is 5.26 Å². The Morgan fingerprint density at radius 3 is 2.68 bits per heavy atom. The van der Waals surface area contributed by atoms with E-state index in [9.17, 15) is 5.26 Å². The lowest BCUT2D eigenvalue weighted by Crippen LogP contribution is -2.08. The smallest absolute Gasteiger partial charge is 0.140 e. The molecule has 96 valence electrons. The van der Waals surface area contributed by atoms with Crippen molar-refractivity contribution in [2.45, 2.75) is 13.0 Å². The van der Waals surface area contributed by atoms with Crippen molar-refractivity contribution in [2.75, 3.05) is 5.32 Å². The van der Waals surface area contributed by atoms with Gasteiger partial charge in [0.05, 0.1) is 6.07 Å². The van der Waals surface area contributed by atoms with E-state index < -0.39 is 6.04 Å². The minimum Gasteiger partial charge on any atom is -0.366 e. The highest BCUT2D eigenvalue weighted by atomic mass is 79.9. The standard InChI is InChI=1S/C15H12BrClN2/c1-10-5-6-11(7-14(10)17)15(9-18)19-13-4-2-3-12(16)8-13/h2-8,15,19H,1H3. The second-order valence-corrected chi connectivity index (χ2v) is 5.55. The van der Waals surface area contributed by atoms with Crippen LogP contribution in [0.5, 0.6) is 0 Å².